The summed E-state index contributed by atoms with van der Waals surface area (Å²) in [6.07, 6.45) is 0. The van der Waals surface area contributed by atoms with Gasteiger partial charge in [-0.2, -0.15) is 0 Å². The molecule has 0 aromatic heterocycles. The second kappa shape index (κ2) is 11.1. The van der Waals surface area contributed by atoms with E-state index >= 15 is 0 Å². The Kier molecular flexibility index (Phi) is 10.9. The Balaban J connectivity index is 0.00000441. The van der Waals surface area contributed by atoms with Crippen molar-refractivity contribution in [2.24, 2.45) is 4.99 Å². The zero-order valence-electron chi connectivity index (χ0n) is 14.2. The first kappa shape index (κ1) is 21.5. The highest BCUT2D eigenvalue weighted by molar-refractivity contribution is 14.0. The summed E-state index contributed by atoms with van der Waals surface area (Å²) in [7, 11) is 5.99. The van der Waals surface area contributed by atoms with Crippen molar-refractivity contribution >= 4 is 41.7 Å². The molecule has 126 valence electrons. The highest BCUT2D eigenvalue weighted by Gasteiger charge is 2.20. The summed E-state index contributed by atoms with van der Waals surface area (Å²) in [5.74, 6) is 1.88. The van der Waals surface area contributed by atoms with E-state index in [1.54, 1.807) is 0 Å². The fourth-order valence-corrected chi connectivity index (χ4v) is 2.32. The minimum absolute atomic E-state index is 0. The molecule has 0 saturated carbocycles. The molecule has 0 aliphatic heterocycles. The van der Waals surface area contributed by atoms with Crippen LogP contribution in [-0.4, -0.2) is 56.4 Å². The molecule has 0 spiro atoms. The van der Waals surface area contributed by atoms with Gasteiger partial charge in [-0.1, -0.05) is 18.2 Å². The summed E-state index contributed by atoms with van der Waals surface area (Å²) in [4.78, 5) is 7.77. The first-order valence-corrected chi connectivity index (χ1v) is 8.24. The van der Waals surface area contributed by atoms with Crippen LogP contribution in [0.1, 0.15) is 13.8 Å². The van der Waals surface area contributed by atoms with E-state index in [4.69, 9.17) is 0 Å². The van der Waals surface area contributed by atoms with Crippen LogP contribution in [0.3, 0.4) is 0 Å². The lowest BCUT2D eigenvalue weighted by atomic mass is 10.0. The molecule has 1 aromatic carbocycles. The number of nitrogens with one attached hydrogen (secondary N) is 2. The maximum atomic E-state index is 4.26. The van der Waals surface area contributed by atoms with Gasteiger partial charge in [-0.05, 0) is 40.1 Å². The van der Waals surface area contributed by atoms with Crippen LogP contribution in [0, 0.1) is 0 Å². The maximum absolute atomic E-state index is 4.26. The van der Waals surface area contributed by atoms with Crippen molar-refractivity contribution in [2.75, 3.05) is 40.0 Å². The summed E-state index contributed by atoms with van der Waals surface area (Å²) in [5.41, 5.74) is 0.0937. The van der Waals surface area contributed by atoms with Crippen LogP contribution in [0.5, 0.6) is 0 Å². The molecule has 4 nitrogen and oxygen atoms in total. The molecule has 6 heteroatoms. The second-order valence-corrected chi connectivity index (χ2v) is 6.89. The molecule has 0 atom stereocenters. The fraction of sp³-hybridized carbons (Fsp3) is 0.562. The van der Waals surface area contributed by atoms with Crippen LogP contribution >= 0.6 is 35.7 Å². The lowest BCUT2D eigenvalue weighted by molar-refractivity contribution is 0.197. The number of nitrogens with zero attached hydrogens (tertiary/aromatic N) is 2. The van der Waals surface area contributed by atoms with Crippen LogP contribution < -0.4 is 10.6 Å². The zero-order chi connectivity index (χ0) is 15.7. The van der Waals surface area contributed by atoms with Gasteiger partial charge < -0.3 is 15.5 Å². The van der Waals surface area contributed by atoms with Crippen LogP contribution in [0.25, 0.3) is 0 Å². The maximum Gasteiger partial charge on any atom is 0.191 e. The standard InChI is InChI=1S/C16H28N4S.HI/c1-16(2,20(4)5)13-19-15(17-3)18-11-12-21-14-9-7-6-8-10-14;/h6-10H,11-13H2,1-5H3,(H2,17,18,19);1H. The van der Waals surface area contributed by atoms with E-state index in [-0.39, 0.29) is 29.5 Å². The van der Waals surface area contributed by atoms with Crippen molar-refractivity contribution in [3.8, 4) is 0 Å². The number of hydrogen-bond acceptors (Lipinski definition) is 3. The molecule has 0 fully saturated rings. The Morgan fingerprint density at radius 1 is 1.18 bits per heavy atom. The number of likely N-dealkylation sites (N-methyl/N-ethyl adjacent to an activating group) is 1. The number of aliphatic imine (C=N–C) groups is 1. The quantitative estimate of drug-likeness (QED) is 0.227. The van der Waals surface area contributed by atoms with Crippen LogP contribution in [0.4, 0.5) is 0 Å². The molecular formula is C16H29IN4S. The third-order valence-corrected chi connectivity index (χ3v) is 4.54. The molecular weight excluding hydrogens is 407 g/mol. The highest BCUT2D eigenvalue weighted by Crippen LogP contribution is 2.15. The summed E-state index contributed by atoms with van der Waals surface area (Å²) >= 11 is 1.85. The van der Waals surface area contributed by atoms with Crippen LogP contribution in [0.15, 0.2) is 40.2 Å². The first-order chi connectivity index (χ1) is 9.95. The van der Waals surface area contributed by atoms with Gasteiger partial charge in [0.2, 0.25) is 0 Å². The molecule has 22 heavy (non-hydrogen) atoms. The molecule has 0 amide bonds. The summed E-state index contributed by atoms with van der Waals surface area (Å²) in [6, 6.07) is 10.5. The molecule has 0 heterocycles. The monoisotopic (exact) mass is 436 g/mol. The third-order valence-electron chi connectivity index (χ3n) is 3.53. The smallest absolute Gasteiger partial charge is 0.191 e. The summed E-state index contributed by atoms with van der Waals surface area (Å²) in [5, 5.41) is 6.73. The van der Waals surface area contributed by atoms with Gasteiger partial charge in [0.15, 0.2) is 5.96 Å². The van der Waals surface area contributed by atoms with Gasteiger partial charge in [0.25, 0.3) is 0 Å². The van der Waals surface area contributed by atoms with E-state index in [9.17, 15) is 0 Å². The molecule has 2 N–H and O–H groups in total. The van der Waals surface area contributed by atoms with Gasteiger partial charge in [-0.15, -0.1) is 35.7 Å². The van der Waals surface area contributed by atoms with Gasteiger partial charge in [0.1, 0.15) is 0 Å². The SMILES string of the molecule is CN=C(NCCSc1ccccc1)NCC(C)(C)N(C)C.I. The Morgan fingerprint density at radius 3 is 2.36 bits per heavy atom. The van der Waals surface area contributed by atoms with Gasteiger partial charge in [0, 0.05) is 36.3 Å². The predicted octanol–water partition coefficient (Wildman–Crippen LogP) is 2.90. The fourth-order valence-electron chi connectivity index (χ4n) is 1.53. The van der Waals surface area contributed by atoms with Crippen molar-refractivity contribution in [1.29, 1.82) is 0 Å². The predicted molar refractivity (Wildman–Crippen MR) is 110 cm³/mol. The topological polar surface area (TPSA) is 39.7 Å². The molecule has 0 saturated heterocycles. The van der Waals surface area contributed by atoms with Crippen molar-refractivity contribution in [3.63, 3.8) is 0 Å². The Bertz CT molecular complexity index is 435. The molecule has 0 unspecified atom stereocenters. The molecule has 0 aliphatic carbocycles. The van der Waals surface area contributed by atoms with Crippen molar-refractivity contribution in [2.45, 2.75) is 24.3 Å². The minimum Gasteiger partial charge on any atom is -0.356 e. The number of rotatable bonds is 7. The molecule has 1 aromatic rings. The highest BCUT2D eigenvalue weighted by atomic mass is 127. The summed E-state index contributed by atoms with van der Waals surface area (Å²) in [6.45, 7) is 6.16. The van der Waals surface area contributed by atoms with E-state index in [1.165, 1.54) is 4.90 Å². The lowest BCUT2D eigenvalue weighted by Crippen LogP contribution is -2.51. The van der Waals surface area contributed by atoms with Crippen LogP contribution in [0.2, 0.25) is 0 Å². The largest absolute Gasteiger partial charge is 0.356 e. The van der Waals surface area contributed by atoms with Crippen molar-refractivity contribution in [1.82, 2.24) is 15.5 Å². The third kappa shape index (κ3) is 8.24. The van der Waals surface area contributed by atoms with Gasteiger partial charge in [-0.25, -0.2) is 0 Å². The molecule has 0 radical (unpaired) electrons. The first-order valence-electron chi connectivity index (χ1n) is 7.25. The lowest BCUT2D eigenvalue weighted by Gasteiger charge is -2.33. The Hall–Kier alpha value is -0.470. The van der Waals surface area contributed by atoms with Gasteiger partial charge in [0.05, 0.1) is 0 Å². The van der Waals surface area contributed by atoms with E-state index in [0.29, 0.717) is 0 Å². The number of thioether (sulfide) groups is 1. The molecule has 1 rings (SSSR count). The normalized spacial score (nSPS) is 12.0. The second-order valence-electron chi connectivity index (χ2n) is 5.72. The van der Waals surface area contributed by atoms with Crippen LogP contribution in [-0.2, 0) is 0 Å². The Labute approximate surface area is 156 Å². The van der Waals surface area contributed by atoms with Crippen molar-refractivity contribution < 1.29 is 0 Å². The minimum atomic E-state index is 0. The van der Waals surface area contributed by atoms with Gasteiger partial charge in [-0.3, -0.25) is 4.99 Å². The number of guanidine groups is 1. The van der Waals surface area contributed by atoms with Crippen molar-refractivity contribution in [3.05, 3.63) is 30.3 Å². The molecule has 0 bridgehead atoms. The number of hydrogen-bond donors (Lipinski definition) is 2. The van der Waals surface area contributed by atoms with E-state index in [0.717, 1.165) is 24.8 Å². The molecule has 0 aliphatic rings. The zero-order valence-corrected chi connectivity index (χ0v) is 17.4. The number of halogens is 1. The van der Waals surface area contributed by atoms with E-state index < -0.39 is 0 Å². The average molecular weight is 436 g/mol. The van der Waals surface area contributed by atoms with E-state index in [1.807, 2.05) is 24.9 Å². The average Bonchev–Trinajstić information content (AvgIpc) is 2.47. The Morgan fingerprint density at radius 2 is 1.82 bits per heavy atom. The van der Waals surface area contributed by atoms with Gasteiger partial charge >= 0.3 is 0 Å². The van der Waals surface area contributed by atoms with E-state index in [2.05, 4.69) is 72.7 Å². The number of benzene rings is 1. The summed E-state index contributed by atoms with van der Waals surface area (Å²) < 4.78 is 0.